The highest BCUT2D eigenvalue weighted by Gasteiger charge is 2.14. The second-order valence-electron chi connectivity index (χ2n) is 5.68. The van der Waals surface area contributed by atoms with Crippen LogP contribution in [0, 0.1) is 5.92 Å². The summed E-state index contributed by atoms with van der Waals surface area (Å²) in [5.74, 6) is 0.995. The van der Waals surface area contributed by atoms with Crippen LogP contribution in [0.5, 0.6) is 5.88 Å². The highest BCUT2D eigenvalue weighted by Crippen LogP contribution is 2.32. The number of hydrogen-bond donors (Lipinski definition) is 0. The van der Waals surface area contributed by atoms with Crippen molar-refractivity contribution in [3.8, 4) is 5.88 Å². The first-order valence-corrected chi connectivity index (χ1v) is 7.36. The maximum atomic E-state index is 5.72. The first-order valence-electron chi connectivity index (χ1n) is 7.36. The van der Waals surface area contributed by atoms with Crippen molar-refractivity contribution < 1.29 is 9.26 Å². The normalized spacial score (nSPS) is 13.0. The molecule has 0 radical (unpaired) electrons. The standard InChI is InChI=1S/C18H22N2O2/c1-12(2)11-21-18-16-8-6-7-15(17(16)22-20-18)14(4)13(3)9-10-19-5/h6-10,12H,5,11H2,1-4H3/b10-9-,14-13+. The van der Waals surface area contributed by atoms with Gasteiger partial charge in [-0.3, -0.25) is 4.99 Å². The van der Waals surface area contributed by atoms with Crippen molar-refractivity contribution in [3.63, 3.8) is 0 Å². The number of allylic oxidation sites excluding steroid dienone is 3. The summed E-state index contributed by atoms with van der Waals surface area (Å²) >= 11 is 0. The molecular weight excluding hydrogens is 276 g/mol. The average Bonchev–Trinajstić information content (AvgIpc) is 2.92. The highest BCUT2D eigenvalue weighted by molar-refractivity contribution is 5.92. The summed E-state index contributed by atoms with van der Waals surface area (Å²) in [5.41, 5.74) is 3.96. The van der Waals surface area contributed by atoms with Gasteiger partial charge in [-0.15, -0.1) is 0 Å². The first kappa shape index (κ1) is 16.0. The van der Waals surface area contributed by atoms with E-state index in [1.165, 1.54) is 0 Å². The zero-order chi connectivity index (χ0) is 16.1. The monoisotopic (exact) mass is 298 g/mol. The van der Waals surface area contributed by atoms with E-state index < -0.39 is 0 Å². The van der Waals surface area contributed by atoms with Gasteiger partial charge in [-0.1, -0.05) is 26.0 Å². The van der Waals surface area contributed by atoms with Gasteiger partial charge in [0.05, 0.1) is 12.0 Å². The third kappa shape index (κ3) is 3.45. The number of aliphatic imine (C=N–C) groups is 1. The molecule has 22 heavy (non-hydrogen) atoms. The van der Waals surface area contributed by atoms with Crippen molar-refractivity contribution in [2.45, 2.75) is 27.7 Å². The van der Waals surface area contributed by atoms with Crippen LogP contribution in [0.3, 0.4) is 0 Å². The van der Waals surface area contributed by atoms with Crippen LogP contribution in [0.2, 0.25) is 0 Å². The Balaban J connectivity index is 2.44. The summed E-state index contributed by atoms with van der Waals surface area (Å²) in [7, 11) is 0. The number of para-hydroxylation sites is 1. The minimum absolute atomic E-state index is 0.440. The van der Waals surface area contributed by atoms with Crippen LogP contribution in [-0.4, -0.2) is 18.5 Å². The van der Waals surface area contributed by atoms with Gasteiger partial charge in [0.15, 0.2) is 5.58 Å². The van der Waals surface area contributed by atoms with E-state index in [0.29, 0.717) is 18.4 Å². The molecule has 1 aromatic carbocycles. The topological polar surface area (TPSA) is 47.6 Å². The van der Waals surface area contributed by atoms with Crippen LogP contribution in [0.25, 0.3) is 16.5 Å². The predicted molar refractivity (Wildman–Crippen MR) is 91.3 cm³/mol. The van der Waals surface area contributed by atoms with Crippen LogP contribution >= 0.6 is 0 Å². The molecule has 0 aliphatic heterocycles. The smallest absolute Gasteiger partial charge is 0.262 e. The molecule has 0 saturated carbocycles. The fourth-order valence-corrected chi connectivity index (χ4v) is 2.09. The van der Waals surface area contributed by atoms with Gasteiger partial charge in [-0.25, -0.2) is 0 Å². The Morgan fingerprint density at radius 1 is 1.41 bits per heavy atom. The number of benzene rings is 1. The van der Waals surface area contributed by atoms with Crippen molar-refractivity contribution >= 4 is 23.3 Å². The lowest BCUT2D eigenvalue weighted by molar-refractivity contribution is 0.248. The average molecular weight is 298 g/mol. The number of hydrogen-bond acceptors (Lipinski definition) is 4. The Hall–Kier alpha value is -2.36. The summed E-state index contributed by atoms with van der Waals surface area (Å²) in [6.07, 6.45) is 3.60. The molecule has 116 valence electrons. The van der Waals surface area contributed by atoms with Gasteiger partial charge in [0.1, 0.15) is 0 Å². The van der Waals surface area contributed by atoms with Gasteiger partial charge in [0.25, 0.3) is 5.88 Å². The van der Waals surface area contributed by atoms with Gasteiger partial charge in [0.2, 0.25) is 0 Å². The lowest BCUT2D eigenvalue weighted by atomic mass is 10.0. The fourth-order valence-electron chi connectivity index (χ4n) is 2.09. The highest BCUT2D eigenvalue weighted by atomic mass is 16.5. The van der Waals surface area contributed by atoms with E-state index in [2.05, 4.69) is 37.6 Å². The molecule has 0 N–H and O–H groups in total. The second kappa shape index (κ2) is 7.07. The van der Waals surface area contributed by atoms with E-state index in [1.807, 2.05) is 31.2 Å². The summed E-state index contributed by atoms with van der Waals surface area (Å²) in [6, 6.07) is 5.98. The molecule has 0 bridgehead atoms. The van der Waals surface area contributed by atoms with Crippen molar-refractivity contribution in [3.05, 3.63) is 41.6 Å². The van der Waals surface area contributed by atoms with Crippen molar-refractivity contribution in [1.82, 2.24) is 5.16 Å². The molecule has 0 unspecified atom stereocenters. The van der Waals surface area contributed by atoms with Crippen LogP contribution < -0.4 is 4.74 Å². The minimum Gasteiger partial charge on any atom is -0.475 e. The van der Waals surface area contributed by atoms with E-state index in [-0.39, 0.29) is 0 Å². The molecule has 1 aromatic heterocycles. The van der Waals surface area contributed by atoms with E-state index in [9.17, 15) is 0 Å². The van der Waals surface area contributed by atoms with Gasteiger partial charge in [0, 0.05) is 11.8 Å². The number of aromatic nitrogens is 1. The number of fused-ring (bicyclic) bond motifs is 1. The lowest BCUT2D eigenvalue weighted by Crippen LogP contribution is -2.04. The van der Waals surface area contributed by atoms with E-state index in [1.54, 1.807) is 6.20 Å². The maximum absolute atomic E-state index is 5.72. The van der Waals surface area contributed by atoms with Gasteiger partial charge in [-0.2, -0.15) is 0 Å². The van der Waals surface area contributed by atoms with Crippen LogP contribution in [-0.2, 0) is 0 Å². The van der Waals surface area contributed by atoms with E-state index >= 15 is 0 Å². The van der Waals surface area contributed by atoms with Gasteiger partial charge >= 0.3 is 0 Å². The minimum atomic E-state index is 0.440. The van der Waals surface area contributed by atoms with E-state index in [4.69, 9.17) is 9.26 Å². The Labute approximate surface area is 131 Å². The van der Waals surface area contributed by atoms with Crippen molar-refractivity contribution in [2.24, 2.45) is 10.9 Å². The third-order valence-corrected chi connectivity index (χ3v) is 3.44. The maximum Gasteiger partial charge on any atom is 0.262 e. The molecule has 0 fully saturated rings. The summed E-state index contributed by atoms with van der Waals surface area (Å²) in [5, 5.41) is 4.96. The molecule has 4 nitrogen and oxygen atoms in total. The zero-order valence-electron chi connectivity index (χ0n) is 13.6. The molecule has 0 amide bonds. The number of nitrogens with zero attached hydrogens (tertiary/aromatic N) is 2. The molecule has 0 spiro atoms. The Bertz CT molecular complexity index is 724. The van der Waals surface area contributed by atoms with Crippen molar-refractivity contribution in [2.75, 3.05) is 6.61 Å². The molecule has 4 heteroatoms. The molecular formula is C18H22N2O2. The first-order chi connectivity index (χ1) is 10.5. The van der Waals surface area contributed by atoms with Gasteiger partial charge in [-0.05, 0) is 54.9 Å². The molecule has 0 atom stereocenters. The fraction of sp³-hybridized carbons (Fsp3) is 0.333. The number of ether oxygens (including phenoxy) is 1. The largest absolute Gasteiger partial charge is 0.475 e. The SMILES string of the molecule is C=N/C=C\C(C)=C(/C)c1cccc2c(OCC(C)C)noc12. The molecule has 1 heterocycles. The Kier molecular flexibility index (Phi) is 5.15. The van der Waals surface area contributed by atoms with Crippen LogP contribution in [0.4, 0.5) is 0 Å². The predicted octanol–water partition coefficient (Wildman–Crippen LogP) is 4.87. The Morgan fingerprint density at radius 2 is 2.18 bits per heavy atom. The number of rotatable bonds is 6. The van der Waals surface area contributed by atoms with E-state index in [0.717, 1.165) is 27.7 Å². The lowest BCUT2D eigenvalue weighted by Gasteiger charge is -2.06. The zero-order valence-corrected chi connectivity index (χ0v) is 13.6. The molecule has 0 aliphatic carbocycles. The van der Waals surface area contributed by atoms with Crippen LogP contribution in [0.1, 0.15) is 33.3 Å². The van der Waals surface area contributed by atoms with Crippen LogP contribution in [0.15, 0.2) is 45.6 Å². The summed E-state index contributed by atoms with van der Waals surface area (Å²) < 4.78 is 11.2. The second-order valence-corrected chi connectivity index (χ2v) is 5.68. The Morgan fingerprint density at radius 3 is 2.86 bits per heavy atom. The molecule has 0 aliphatic rings. The summed E-state index contributed by atoms with van der Waals surface area (Å²) in [6.45, 7) is 12.3. The van der Waals surface area contributed by atoms with Gasteiger partial charge < -0.3 is 9.26 Å². The third-order valence-electron chi connectivity index (χ3n) is 3.44. The molecule has 2 rings (SSSR count). The molecule has 2 aromatic rings. The summed E-state index contributed by atoms with van der Waals surface area (Å²) in [4.78, 5) is 3.74. The quantitative estimate of drug-likeness (QED) is 0.564. The molecule has 0 saturated heterocycles. The van der Waals surface area contributed by atoms with Crippen molar-refractivity contribution in [1.29, 1.82) is 0 Å².